The third-order valence-electron chi connectivity index (χ3n) is 4.90. The summed E-state index contributed by atoms with van der Waals surface area (Å²) < 4.78 is 27.0. The number of amides is 1. The van der Waals surface area contributed by atoms with Crippen LogP contribution in [0.15, 0.2) is 65.8 Å². The van der Waals surface area contributed by atoms with E-state index in [0.717, 1.165) is 0 Å². The average molecular weight is 493 g/mol. The van der Waals surface area contributed by atoms with Crippen molar-refractivity contribution >= 4 is 18.1 Å². The molecule has 0 spiro atoms. The predicted octanol–water partition coefficient (Wildman–Crippen LogP) is 4.48. The van der Waals surface area contributed by atoms with Gasteiger partial charge in [-0.3, -0.25) is 4.79 Å². The lowest BCUT2D eigenvalue weighted by atomic mass is 10.2. The quantitative estimate of drug-likeness (QED) is 0.182. The van der Waals surface area contributed by atoms with Crippen LogP contribution in [0.25, 0.3) is 0 Å². The van der Waals surface area contributed by atoms with Gasteiger partial charge in [-0.05, 0) is 80.1 Å². The molecule has 3 aromatic rings. The zero-order chi connectivity index (χ0) is 25.9. The highest BCUT2D eigenvalue weighted by Crippen LogP contribution is 2.29. The number of hydrogen-bond acceptors (Lipinski definition) is 8. The molecule has 0 aromatic heterocycles. The standard InChI is InChI=1S/C27H28N2O7/c1-5-34-21-11-8-19(9-12-21)27(31)36-23-13-7-18(15-25(23)35-6-2)17-28-29-26(30)20-10-14-22(32-3)24(16-20)33-4/h7-17H,5-6H2,1-4H3,(H,29,30). The van der Waals surface area contributed by atoms with Gasteiger partial charge in [0, 0.05) is 5.56 Å². The topological polar surface area (TPSA) is 105 Å². The number of esters is 1. The summed E-state index contributed by atoms with van der Waals surface area (Å²) in [6, 6.07) is 16.4. The minimum atomic E-state index is -0.525. The lowest BCUT2D eigenvalue weighted by Crippen LogP contribution is -2.17. The molecule has 0 saturated carbocycles. The molecule has 0 aliphatic rings. The van der Waals surface area contributed by atoms with E-state index in [9.17, 15) is 9.59 Å². The van der Waals surface area contributed by atoms with E-state index < -0.39 is 11.9 Å². The maximum Gasteiger partial charge on any atom is 0.343 e. The van der Waals surface area contributed by atoms with Crippen molar-refractivity contribution in [3.63, 3.8) is 0 Å². The number of nitrogens with zero attached hydrogens (tertiary/aromatic N) is 1. The van der Waals surface area contributed by atoms with E-state index in [0.29, 0.717) is 52.9 Å². The number of carbonyl (C=O) groups excluding carboxylic acids is 2. The first-order chi connectivity index (χ1) is 17.5. The van der Waals surface area contributed by atoms with E-state index >= 15 is 0 Å². The van der Waals surface area contributed by atoms with Crippen LogP contribution in [0.4, 0.5) is 0 Å². The van der Waals surface area contributed by atoms with E-state index in [2.05, 4.69) is 10.5 Å². The second-order valence-electron chi connectivity index (χ2n) is 7.25. The van der Waals surface area contributed by atoms with E-state index in [4.69, 9.17) is 23.7 Å². The van der Waals surface area contributed by atoms with Gasteiger partial charge in [0.05, 0.1) is 39.2 Å². The van der Waals surface area contributed by atoms with Gasteiger partial charge in [-0.2, -0.15) is 5.10 Å². The number of ether oxygens (including phenoxy) is 5. The van der Waals surface area contributed by atoms with Crippen molar-refractivity contribution in [3.05, 3.63) is 77.4 Å². The normalized spacial score (nSPS) is 10.6. The molecule has 3 rings (SSSR count). The average Bonchev–Trinajstić information content (AvgIpc) is 2.90. The number of nitrogens with one attached hydrogen (secondary N) is 1. The van der Waals surface area contributed by atoms with Crippen LogP contribution in [-0.2, 0) is 0 Å². The summed E-state index contributed by atoms with van der Waals surface area (Å²) in [5.41, 5.74) is 3.84. The highest BCUT2D eigenvalue weighted by atomic mass is 16.6. The van der Waals surface area contributed by atoms with E-state index in [1.54, 1.807) is 60.7 Å². The molecule has 1 amide bonds. The molecule has 0 unspecified atom stereocenters. The first-order valence-electron chi connectivity index (χ1n) is 11.3. The molecule has 0 fully saturated rings. The van der Waals surface area contributed by atoms with E-state index in [1.165, 1.54) is 20.4 Å². The van der Waals surface area contributed by atoms with Gasteiger partial charge in [0.25, 0.3) is 5.91 Å². The fourth-order valence-corrected chi connectivity index (χ4v) is 3.18. The molecule has 9 nitrogen and oxygen atoms in total. The number of carbonyl (C=O) groups is 2. The molecule has 0 aliphatic heterocycles. The molecule has 0 bridgehead atoms. The van der Waals surface area contributed by atoms with Crippen molar-refractivity contribution in [3.8, 4) is 28.7 Å². The minimum Gasteiger partial charge on any atom is -0.494 e. The Hall–Kier alpha value is -4.53. The van der Waals surface area contributed by atoms with Crippen LogP contribution >= 0.6 is 0 Å². The van der Waals surface area contributed by atoms with Gasteiger partial charge >= 0.3 is 5.97 Å². The van der Waals surface area contributed by atoms with Crippen LogP contribution in [0, 0.1) is 0 Å². The highest BCUT2D eigenvalue weighted by Gasteiger charge is 2.14. The monoisotopic (exact) mass is 492 g/mol. The van der Waals surface area contributed by atoms with Gasteiger partial charge in [-0.25, -0.2) is 10.2 Å². The second kappa shape index (κ2) is 12.8. The maximum atomic E-state index is 12.6. The van der Waals surface area contributed by atoms with Gasteiger partial charge < -0.3 is 23.7 Å². The highest BCUT2D eigenvalue weighted by molar-refractivity contribution is 5.95. The van der Waals surface area contributed by atoms with Crippen molar-refractivity contribution in [1.29, 1.82) is 0 Å². The number of methoxy groups -OCH3 is 2. The summed E-state index contributed by atoms with van der Waals surface area (Å²) in [4.78, 5) is 25.0. The summed E-state index contributed by atoms with van der Waals surface area (Å²) in [5.74, 6) is 1.32. The Balaban J connectivity index is 1.68. The number of hydrazone groups is 1. The van der Waals surface area contributed by atoms with Crippen molar-refractivity contribution in [1.82, 2.24) is 5.43 Å². The fraction of sp³-hybridized carbons (Fsp3) is 0.222. The van der Waals surface area contributed by atoms with E-state index in [-0.39, 0.29) is 5.75 Å². The molecule has 0 heterocycles. The summed E-state index contributed by atoms with van der Waals surface area (Å²) >= 11 is 0. The van der Waals surface area contributed by atoms with Crippen molar-refractivity contribution in [2.24, 2.45) is 5.10 Å². The van der Waals surface area contributed by atoms with Crippen LogP contribution < -0.4 is 29.1 Å². The minimum absolute atomic E-state index is 0.266. The number of rotatable bonds is 11. The third-order valence-corrected chi connectivity index (χ3v) is 4.90. The zero-order valence-electron chi connectivity index (χ0n) is 20.6. The SMILES string of the molecule is CCOc1ccc(C(=O)Oc2ccc(C=NNC(=O)c3ccc(OC)c(OC)c3)cc2OCC)cc1. The van der Waals surface area contributed by atoms with Gasteiger partial charge in [0.1, 0.15) is 5.75 Å². The van der Waals surface area contributed by atoms with E-state index in [1.807, 2.05) is 13.8 Å². The Morgan fingerprint density at radius 1 is 0.778 bits per heavy atom. The first-order valence-corrected chi connectivity index (χ1v) is 11.3. The Labute approximate surface area is 209 Å². The van der Waals surface area contributed by atoms with Gasteiger partial charge in [0.2, 0.25) is 0 Å². The van der Waals surface area contributed by atoms with Crippen LogP contribution in [0.3, 0.4) is 0 Å². The molecule has 0 aliphatic carbocycles. The van der Waals surface area contributed by atoms with Crippen LogP contribution in [0.1, 0.15) is 40.1 Å². The first kappa shape index (κ1) is 26.1. The number of benzene rings is 3. The zero-order valence-corrected chi connectivity index (χ0v) is 20.6. The lowest BCUT2D eigenvalue weighted by molar-refractivity contribution is 0.0728. The molecule has 188 valence electrons. The fourth-order valence-electron chi connectivity index (χ4n) is 3.18. The summed E-state index contributed by atoms with van der Waals surface area (Å²) in [7, 11) is 3.01. The Kier molecular flexibility index (Phi) is 9.27. The Morgan fingerprint density at radius 2 is 1.44 bits per heavy atom. The van der Waals surface area contributed by atoms with Crippen molar-refractivity contribution in [2.45, 2.75) is 13.8 Å². The molecule has 1 N–H and O–H groups in total. The summed E-state index contributed by atoms with van der Waals surface area (Å²) in [6.45, 7) is 4.61. The molecular formula is C27H28N2O7. The maximum absolute atomic E-state index is 12.6. The predicted molar refractivity (Wildman–Crippen MR) is 135 cm³/mol. The summed E-state index contributed by atoms with van der Waals surface area (Å²) in [5, 5.41) is 4.01. The molecule has 0 atom stereocenters. The molecule has 0 saturated heterocycles. The van der Waals surface area contributed by atoms with Gasteiger partial charge in [0.15, 0.2) is 23.0 Å². The van der Waals surface area contributed by atoms with Gasteiger partial charge in [-0.15, -0.1) is 0 Å². The van der Waals surface area contributed by atoms with Crippen molar-refractivity contribution < 1.29 is 33.3 Å². The molecular weight excluding hydrogens is 464 g/mol. The molecule has 0 radical (unpaired) electrons. The van der Waals surface area contributed by atoms with Crippen LogP contribution in [-0.4, -0.2) is 45.5 Å². The largest absolute Gasteiger partial charge is 0.494 e. The van der Waals surface area contributed by atoms with Crippen LogP contribution in [0.5, 0.6) is 28.7 Å². The third kappa shape index (κ3) is 6.75. The second-order valence-corrected chi connectivity index (χ2v) is 7.25. The van der Waals surface area contributed by atoms with Gasteiger partial charge in [-0.1, -0.05) is 0 Å². The summed E-state index contributed by atoms with van der Waals surface area (Å²) in [6.07, 6.45) is 1.46. The smallest absolute Gasteiger partial charge is 0.343 e. The molecule has 9 heteroatoms. The Morgan fingerprint density at radius 3 is 2.11 bits per heavy atom. The molecule has 36 heavy (non-hydrogen) atoms. The Bertz CT molecular complexity index is 1220. The number of hydrogen-bond donors (Lipinski definition) is 1. The van der Waals surface area contributed by atoms with Crippen LogP contribution in [0.2, 0.25) is 0 Å². The molecule has 3 aromatic carbocycles. The lowest BCUT2D eigenvalue weighted by Gasteiger charge is -2.12. The van der Waals surface area contributed by atoms with Crippen molar-refractivity contribution in [2.75, 3.05) is 27.4 Å².